The van der Waals surface area contributed by atoms with Crippen LogP contribution < -0.4 is 10.2 Å². The second-order valence-corrected chi connectivity index (χ2v) is 8.62. The molecule has 0 unspecified atom stereocenters. The predicted molar refractivity (Wildman–Crippen MR) is 132 cm³/mol. The van der Waals surface area contributed by atoms with E-state index < -0.39 is 0 Å². The van der Waals surface area contributed by atoms with Gasteiger partial charge in [0.25, 0.3) is 5.91 Å². The van der Waals surface area contributed by atoms with Gasteiger partial charge in [0.05, 0.1) is 30.6 Å². The van der Waals surface area contributed by atoms with Gasteiger partial charge >= 0.3 is 5.97 Å². The molecule has 0 aliphatic carbocycles. The lowest BCUT2D eigenvalue weighted by Gasteiger charge is -2.11. The van der Waals surface area contributed by atoms with E-state index in [2.05, 4.69) is 31.0 Å². The maximum absolute atomic E-state index is 12.5. The van der Waals surface area contributed by atoms with Crippen molar-refractivity contribution >= 4 is 34.0 Å². The molecule has 0 aliphatic rings. The second-order valence-electron chi connectivity index (χ2n) is 7.71. The molecule has 172 valence electrons. The Morgan fingerprint density at radius 1 is 1.09 bits per heavy atom. The van der Waals surface area contributed by atoms with Crippen LogP contribution in [0.25, 0.3) is 5.69 Å². The van der Waals surface area contributed by atoms with Crippen LogP contribution in [0.1, 0.15) is 51.5 Å². The topological polar surface area (TPSA) is 81.9 Å². The third kappa shape index (κ3) is 5.70. The van der Waals surface area contributed by atoms with Crippen molar-refractivity contribution in [3.8, 4) is 11.4 Å². The summed E-state index contributed by atoms with van der Waals surface area (Å²) in [6, 6.07) is 14.4. The molecule has 0 radical (unpaired) electrons. The highest BCUT2D eigenvalue weighted by atomic mass is 79.9. The molecule has 0 saturated carbocycles. The molecular formula is C25H26BrN3O4. The number of hydrogen-bond donors (Lipinski definition) is 1. The van der Waals surface area contributed by atoms with Crippen molar-refractivity contribution in [2.45, 2.75) is 33.8 Å². The monoisotopic (exact) mass is 511 g/mol. The summed E-state index contributed by atoms with van der Waals surface area (Å²) in [7, 11) is 1.51. The van der Waals surface area contributed by atoms with E-state index in [-0.39, 0.29) is 18.0 Å². The summed E-state index contributed by atoms with van der Waals surface area (Å²) in [5, 5.41) is 4.13. The van der Waals surface area contributed by atoms with Crippen LogP contribution in [-0.4, -0.2) is 35.9 Å². The van der Waals surface area contributed by atoms with Crippen molar-refractivity contribution < 1.29 is 19.1 Å². The smallest absolute Gasteiger partial charge is 0.338 e. The van der Waals surface area contributed by atoms with Gasteiger partial charge in [0.1, 0.15) is 5.75 Å². The molecule has 1 heterocycles. The summed E-state index contributed by atoms with van der Waals surface area (Å²) >= 11 is 3.36. The number of nitrogens with zero attached hydrogens (tertiary/aromatic N) is 2. The summed E-state index contributed by atoms with van der Waals surface area (Å²) in [4.78, 5) is 24.6. The largest absolute Gasteiger partial charge is 0.496 e. The number of rotatable bonds is 7. The lowest BCUT2D eigenvalue weighted by atomic mass is 10.2. The second kappa shape index (κ2) is 10.5. The molecule has 3 rings (SSSR count). The molecule has 3 aromatic rings. The number of carbonyl (C=O) groups excluding carboxylic acids is 2. The van der Waals surface area contributed by atoms with Crippen LogP contribution in [0.5, 0.6) is 5.75 Å². The van der Waals surface area contributed by atoms with Crippen LogP contribution in [0.3, 0.4) is 0 Å². The highest BCUT2D eigenvalue weighted by molar-refractivity contribution is 9.10. The molecule has 0 aliphatic heterocycles. The van der Waals surface area contributed by atoms with Crippen LogP contribution in [0.2, 0.25) is 0 Å². The molecule has 0 fully saturated rings. The van der Waals surface area contributed by atoms with Crippen molar-refractivity contribution in [1.29, 1.82) is 0 Å². The average molecular weight is 512 g/mol. The molecule has 1 amide bonds. The number of ether oxygens (including phenoxy) is 2. The first kappa shape index (κ1) is 24.3. The van der Waals surface area contributed by atoms with Gasteiger partial charge in [-0.25, -0.2) is 10.2 Å². The Morgan fingerprint density at radius 2 is 1.79 bits per heavy atom. The van der Waals surface area contributed by atoms with Gasteiger partial charge in [-0.2, -0.15) is 5.10 Å². The van der Waals surface area contributed by atoms with Gasteiger partial charge in [-0.05, 0) is 76.2 Å². The van der Waals surface area contributed by atoms with Gasteiger partial charge in [-0.3, -0.25) is 4.79 Å². The number of nitrogens with one attached hydrogen (secondary N) is 1. The number of aromatic nitrogens is 1. The molecule has 2 aromatic carbocycles. The standard InChI is InChI=1S/C25H26BrN3O4/c1-15(2)33-25(31)18-6-9-21(10-7-18)29-16(3)12-19(17(29)4)14-27-28-24(30)22-13-20(26)8-11-23(22)32-5/h6-15H,1-5H3,(H,28,30)/b27-14-. The van der Waals surface area contributed by atoms with E-state index in [0.29, 0.717) is 16.9 Å². The molecule has 33 heavy (non-hydrogen) atoms. The zero-order chi connectivity index (χ0) is 24.1. The fourth-order valence-electron chi connectivity index (χ4n) is 3.42. The Labute approximate surface area is 201 Å². The molecule has 0 atom stereocenters. The summed E-state index contributed by atoms with van der Waals surface area (Å²) < 4.78 is 13.3. The van der Waals surface area contributed by atoms with E-state index in [1.165, 1.54) is 7.11 Å². The van der Waals surface area contributed by atoms with Gasteiger partial charge in [0, 0.05) is 27.1 Å². The molecule has 0 saturated heterocycles. The maximum atomic E-state index is 12.5. The van der Waals surface area contributed by atoms with Crippen LogP contribution in [-0.2, 0) is 4.74 Å². The molecule has 1 aromatic heterocycles. The number of aryl methyl sites for hydroxylation is 1. The lowest BCUT2D eigenvalue weighted by molar-refractivity contribution is 0.0378. The van der Waals surface area contributed by atoms with Gasteiger partial charge < -0.3 is 14.0 Å². The fourth-order valence-corrected chi connectivity index (χ4v) is 3.78. The van der Waals surface area contributed by atoms with E-state index in [4.69, 9.17) is 9.47 Å². The number of esters is 1. The molecule has 8 heteroatoms. The minimum Gasteiger partial charge on any atom is -0.496 e. The van der Waals surface area contributed by atoms with Crippen molar-refractivity contribution in [3.63, 3.8) is 0 Å². The fraction of sp³-hybridized carbons (Fsp3) is 0.240. The molecule has 0 spiro atoms. The van der Waals surface area contributed by atoms with Gasteiger partial charge in [-0.15, -0.1) is 0 Å². The highest BCUT2D eigenvalue weighted by Gasteiger charge is 2.14. The first-order chi connectivity index (χ1) is 15.7. The lowest BCUT2D eigenvalue weighted by Crippen LogP contribution is -2.18. The quantitative estimate of drug-likeness (QED) is 0.268. The van der Waals surface area contributed by atoms with Crippen LogP contribution in [0.4, 0.5) is 0 Å². The number of hydrogen-bond acceptors (Lipinski definition) is 5. The van der Waals surface area contributed by atoms with Crippen LogP contribution >= 0.6 is 15.9 Å². The van der Waals surface area contributed by atoms with Crippen LogP contribution in [0.15, 0.2) is 58.1 Å². The van der Waals surface area contributed by atoms with E-state index in [0.717, 1.165) is 27.1 Å². The van der Waals surface area contributed by atoms with Crippen molar-refractivity contribution in [2.24, 2.45) is 5.10 Å². The van der Waals surface area contributed by atoms with Crippen molar-refractivity contribution in [3.05, 3.63) is 81.1 Å². The summed E-state index contributed by atoms with van der Waals surface area (Å²) in [6.07, 6.45) is 1.44. The van der Waals surface area contributed by atoms with Crippen molar-refractivity contribution in [1.82, 2.24) is 9.99 Å². The normalized spacial score (nSPS) is 11.1. The summed E-state index contributed by atoms with van der Waals surface area (Å²) in [5.74, 6) is -0.255. The predicted octanol–water partition coefficient (Wildman–Crippen LogP) is 5.19. The number of halogens is 1. The number of methoxy groups -OCH3 is 1. The third-order valence-corrected chi connectivity index (χ3v) is 5.44. The zero-order valence-electron chi connectivity index (χ0n) is 19.2. The van der Waals surface area contributed by atoms with E-state index in [9.17, 15) is 9.59 Å². The zero-order valence-corrected chi connectivity index (χ0v) is 20.8. The first-order valence-electron chi connectivity index (χ1n) is 10.4. The Bertz CT molecular complexity index is 1200. The minimum atomic E-state index is -0.373. The Kier molecular flexibility index (Phi) is 7.71. The first-order valence-corrected chi connectivity index (χ1v) is 11.2. The number of carbonyl (C=O) groups is 2. The Balaban J connectivity index is 1.77. The Morgan fingerprint density at radius 3 is 2.42 bits per heavy atom. The SMILES string of the molecule is COc1ccc(Br)cc1C(=O)N/N=C\c1cc(C)n(-c2ccc(C(=O)OC(C)C)cc2)c1C. The highest BCUT2D eigenvalue weighted by Crippen LogP contribution is 2.23. The summed E-state index contributed by atoms with van der Waals surface area (Å²) in [5.41, 5.74) is 7.14. The number of amides is 1. The van der Waals surface area contributed by atoms with Crippen molar-refractivity contribution in [2.75, 3.05) is 7.11 Å². The Hall–Kier alpha value is -3.39. The number of hydrazone groups is 1. The van der Waals surface area contributed by atoms with Gasteiger partial charge in [0.15, 0.2) is 0 Å². The van der Waals surface area contributed by atoms with Crippen LogP contribution in [0, 0.1) is 13.8 Å². The molecule has 0 bridgehead atoms. The van der Waals surface area contributed by atoms with Gasteiger partial charge in [0.2, 0.25) is 0 Å². The minimum absolute atomic E-state index is 0.169. The average Bonchev–Trinajstić information content (AvgIpc) is 3.06. The molecular weight excluding hydrogens is 486 g/mol. The molecule has 7 nitrogen and oxygen atoms in total. The number of benzene rings is 2. The summed E-state index contributed by atoms with van der Waals surface area (Å²) in [6.45, 7) is 7.59. The van der Waals surface area contributed by atoms with E-state index >= 15 is 0 Å². The molecule has 1 N–H and O–H groups in total. The maximum Gasteiger partial charge on any atom is 0.338 e. The third-order valence-electron chi connectivity index (χ3n) is 4.95. The van der Waals surface area contributed by atoms with E-state index in [1.54, 1.807) is 36.5 Å². The van der Waals surface area contributed by atoms with Gasteiger partial charge in [-0.1, -0.05) is 15.9 Å². The van der Waals surface area contributed by atoms with E-state index in [1.807, 2.05) is 45.9 Å².